The van der Waals surface area contributed by atoms with Crippen molar-refractivity contribution in [2.45, 2.75) is 18.9 Å². The van der Waals surface area contributed by atoms with Gasteiger partial charge in [-0.25, -0.2) is 9.37 Å². The second kappa shape index (κ2) is 4.66. The second-order valence-corrected chi connectivity index (χ2v) is 5.13. The van der Waals surface area contributed by atoms with E-state index in [0.29, 0.717) is 22.8 Å². The first-order valence-electron chi connectivity index (χ1n) is 6.39. The van der Waals surface area contributed by atoms with Gasteiger partial charge < -0.3 is 16.2 Å². The van der Waals surface area contributed by atoms with Crippen LogP contribution in [0.4, 0.5) is 15.9 Å². The van der Waals surface area contributed by atoms with Crippen molar-refractivity contribution in [1.29, 1.82) is 0 Å². The molecule has 0 atom stereocenters. The number of anilines is 2. The van der Waals surface area contributed by atoms with Crippen molar-refractivity contribution in [3.8, 4) is 0 Å². The van der Waals surface area contributed by atoms with Crippen molar-refractivity contribution >= 4 is 22.3 Å². The van der Waals surface area contributed by atoms with Gasteiger partial charge in [0, 0.05) is 23.0 Å². The van der Waals surface area contributed by atoms with Crippen LogP contribution in [-0.2, 0) is 0 Å². The first kappa shape index (κ1) is 12.2. The van der Waals surface area contributed by atoms with Gasteiger partial charge in [0.15, 0.2) is 0 Å². The third kappa shape index (κ3) is 2.33. The Kier molecular flexibility index (Phi) is 2.98. The van der Waals surface area contributed by atoms with E-state index in [0.717, 1.165) is 24.8 Å². The normalized spacial score (nSPS) is 22.2. The average molecular weight is 261 g/mol. The molecule has 5 heteroatoms. The average Bonchev–Trinajstić information content (AvgIpc) is 2.36. The number of nitrogens with zero attached hydrogens (tertiary/aromatic N) is 1. The first-order chi connectivity index (χ1) is 9.13. The molecule has 100 valence electrons. The minimum Gasteiger partial charge on any atom is -0.399 e. The van der Waals surface area contributed by atoms with Gasteiger partial charge in [-0.15, -0.1) is 0 Å². The Hall–Kier alpha value is -1.88. The number of nitrogens with two attached hydrogens (primary N) is 1. The fourth-order valence-corrected chi connectivity index (χ4v) is 2.48. The molecule has 0 amide bonds. The number of aliphatic hydroxyl groups is 1. The Balaban J connectivity index is 1.85. The second-order valence-electron chi connectivity index (χ2n) is 5.13. The Morgan fingerprint density at radius 2 is 2.16 bits per heavy atom. The van der Waals surface area contributed by atoms with Gasteiger partial charge in [-0.05, 0) is 37.0 Å². The molecule has 0 saturated heterocycles. The number of rotatable bonds is 3. The highest BCUT2D eigenvalue weighted by Gasteiger charge is 2.26. The van der Waals surface area contributed by atoms with E-state index in [1.54, 1.807) is 18.2 Å². The van der Waals surface area contributed by atoms with E-state index in [1.165, 1.54) is 6.20 Å². The number of aliphatic hydroxyl groups excluding tert-OH is 1. The number of hydrogen-bond acceptors (Lipinski definition) is 4. The summed E-state index contributed by atoms with van der Waals surface area (Å²) >= 11 is 0. The molecule has 3 rings (SSSR count). The highest BCUT2D eigenvalue weighted by Crippen LogP contribution is 2.29. The van der Waals surface area contributed by atoms with E-state index in [1.807, 2.05) is 0 Å². The summed E-state index contributed by atoms with van der Waals surface area (Å²) in [5.74, 6) is 0.760. The van der Waals surface area contributed by atoms with E-state index in [2.05, 4.69) is 10.3 Å². The summed E-state index contributed by atoms with van der Waals surface area (Å²) in [7, 11) is 0. The number of fused-ring (bicyclic) bond motifs is 1. The zero-order valence-electron chi connectivity index (χ0n) is 10.4. The van der Waals surface area contributed by atoms with Gasteiger partial charge in [0.05, 0.1) is 12.3 Å². The first-order valence-corrected chi connectivity index (χ1v) is 6.39. The maximum absolute atomic E-state index is 13.7. The number of nitrogens with one attached hydrogen (secondary N) is 1. The molecular formula is C14H16FN3O. The fourth-order valence-electron chi connectivity index (χ4n) is 2.48. The number of pyridine rings is 1. The third-order valence-electron chi connectivity index (χ3n) is 3.63. The highest BCUT2D eigenvalue weighted by molar-refractivity contribution is 5.94. The molecule has 0 unspecified atom stereocenters. The lowest BCUT2D eigenvalue weighted by atomic mass is 9.82. The Bertz CT molecular complexity index is 611. The molecule has 1 aromatic carbocycles. The Labute approximate surface area is 110 Å². The van der Waals surface area contributed by atoms with Crippen LogP contribution in [0, 0.1) is 11.7 Å². The molecule has 4 nitrogen and oxygen atoms in total. The third-order valence-corrected chi connectivity index (χ3v) is 3.63. The molecule has 0 bridgehead atoms. The number of halogens is 1. The number of nitrogen functional groups attached to an aromatic ring is 1. The molecule has 0 radical (unpaired) electrons. The molecule has 1 heterocycles. The van der Waals surface area contributed by atoms with Gasteiger partial charge in [0.2, 0.25) is 0 Å². The summed E-state index contributed by atoms with van der Waals surface area (Å²) in [5, 5.41) is 13.7. The zero-order valence-corrected chi connectivity index (χ0v) is 10.4. The summed E-state index contributed by atoms with van der Waals surface area (Å²) in [6.45, 7) is 0.745. The lowest BCUT2D eigenvalue weighted by Gasteiger charge is -2.31. The molecule has 0 aliphatic heterocycles. The lowest BCUT2D eigenvalue weighted by Crippen LogP contribution is -2.33. The molecule has 1 saturated carbocycles. The molecule has 1 fully saturated rings. The van der Waals surface area contributed by atoms with E-state index in [9.17, 15) is 9.50 Å². The smallest absolute Gasteiger partial charge is 0.149 e. The summed E-state index contributed by atoms with van der Waals surface area (Å²) in [6.07, 6.45) is 2.68. The topological polar surface area (TPSA) is 71.2 Å². The molecule has 2 aromatic rings. The van der Waals surface area contributed by atoms with Gasteiger partial charge in [-0.2, -0.15) is 0 Å². The molecule has 1 aliphatic rings. The summed E-state index contributed by atoms with van der Waals surface area (Å²) < 4.78 is 13.7. The fraction of sp³-hybridized carbons (Fsp3) is 0.357. The van der Waals surface area contributed by atoms with Crippen LogP contribution in [-0.4, -0.2) is 22.7 Å². The van der Waals surface area contributed by atoms with Gasteiger partial charge >= 0.3 is 0 Å². The van der Waals surface area contributed by atoms with Crippen LogP contribution in [0.3, 0.4) is 0 Å². The van der Waals surface area contributed by atoms with Gasteiger partial charge in [0.1, 0.15) is 11.6 Å². The molecule has 0 spiro atoms. The zero-order chi connectivity index (χ0) is 13.4. The van der Waals surface area contributed by atoms with Crippen molar-refractivity contribution in [2.75, 3.05) is 17.6 Å². The van der Waals surface area contributed by atoms with E-state index in [4.69, 9.17) is 5.73 Å². The van der Waals surface area contributed by atoms with Crippen LogP contribution < -0.4 is 11.1 Å². The van der Waals surface area contributed by atoms with Crippen LogP contribution in [0.5, 0.6) is 0 Å². The Morgan fingerprint density at radius 1 is 1.37 bits per heavy atom. The number of hydrogen-bond donors (Lipinski definition) is 3. The lowest BCUT2D eigenvalue weighted by molar-refractivity contribution is 0.0487. The van der Waals surface area contributed by atoms with Crippen molar-refractivity contribution in [3.63, 3.8) is 0 Å². The van der Waals surface area contributed by atoms with E-state index < -0.39 is 0 Å². The maximum atomic E-state index is 13.7. The van der Waals surface area contributed by atoms with Crippen molar-refractivity contribution in [3.05, 3.63) is 30.2 Å². The van der Waals surface area contributed by atoms with Crippen molar-refractivity contribution in [2.24, 2.45) is 5.92 Å². The number of aromatic nitrogens is 1. The minimum absolute atomic E-state index is 0.162. The van der Waals surface area contributed by atoms with Gasteiger partial charge in [-0.3, -0.25) is 0 Å². The van der Waals surface area contributed by atoms with Crippen LogP contribution >= 0.6 is 0 Å². The Morgan fingerprint density at radius 3 is 2.89 bits per heavy atom. The van der Waals surface area contributed by atoms with Gasteiger partial charge in [0.25, 0.3) is 0 Å². The summed E-state index contributed by atoms with van der Waals surface area (Å²) in [5.41, 5.74) is 6.21. The van der Waals surface area contributed by atoms with Crippen molar-refractivity contribution in [1.82, 2.24) is 4.98 Å². The predicted octanol–water partition coefficient (Wildman–Crippen LogP) is 2.14. The monoisotopic (exact) mass is 261 g/mol. The van der Waals surface area contributed by atoms with Crippen LogP contribution in [0.1, 0.15) is 12.8 Å². The van der Waals surface area contributed by atoms with Crippen LogP contribution in [0.15, 0.2) is 24.4 Å². The van der Waals surface area contributed by atoms with Crippen LogP contribution in [0.2, 0.25) is 0 Å². The quantitative estimate of drug-likeness (QED) is 0.740. The molecule has 19 heavy (non-hydrogen) atoms. The largest absolute Gasteiger partial charge is 0.399 e. The standard InChI is InChI=1S/C14H16FN3O/c15-13-7-18-14(17-6-8-3-10(19)4-8)11-2-1-9(16)5-12(11)13/h1-2,5,7-8,10,19H,3-4,6,16H2,(H,17,18). The van der Waals surface area contributed by atoms with Crippen LogP contribution in [0.25, 0.3) is 10.8 Å². The predicted molar refractivity (Wildman–Crippen MR) is 73.3 cm³/mol. The molecule has 1 aliphatic carbocycles. The molecule has 4 N–H and O–H groups in total. The maximum Gasteiger partial charge on any atom is 0.149 e. The molecule has 1 aromatic heterocycles. The molecular weight excluding hydrogens is 245 g/mol. The number of benzene rings is 1. The van der Waals surface area contributed by atoms with Crippen molar-refractivity contribution < 1.29 is 9.50 Å². The summed E-state index contributed by atoms with van der Waals surface area (Å²) in [6, 6.07) is 5.13. The van der Waals surface area contributed by atoms with E-state index >= 15 is 0 Å². The van der Waals surface area contributed by atoms with Gasteiger partial charge in [-0.1, -0.05) is 0 Å². The minimum atomic E-state index is -0.369. The summed E-state index contributed by atoms with van der Waals surface area (Å²) in [4.78, 5) is 4.10. The SMILES string of the molecule is Nc1ccc2c(NCC3CC(O)C3)ncc(F)c2c1. The van der Waals surface area contributed by atoms with E-state index in [-0.39, 0.29) is 11.9 Å². The highest BCUT2D eigenvalue weighted by atomic mass is 19.1.